The van der Waals surface area contributed by atoms with Crippen molar-refractivity contribution in [1.82, 2.24) is 19.4 Å². The van der Waals surface area contributed by atoms with Gasteiger partial charge in [-0.05, 0) is 41.5 Å². The molecule has 0 aliphatic rings. The van der Waals surface area contributed by atoms with Crippen molar-refractivity contribution < 1.29 is 22.4 Å². The van der Waals surface area contributed by atoms with Gasteiger partial charge in [0.25, 0.3) is 0 Å². The fraction of sp³-hybridized carbons (Fsp3) is 0.111. The molecule has 0 unspecified atom stereocenters. The summed E-state index contributed by atoms with van der Waals surface area (Å²) >= 11 is 0. The number of nitrogens with one attached hydrogen (secondary N) is 1. The lowest BCUT2D eigenvalue weighted by Crippen LogP contribution is -2.15. The fourth-order valence-corrected chi connectivity index (χ4v) is 3.98. The zero-order valence-corrected chi connectivity index (χ0v) is 19.2. The number of alkyl halides is 3. The van der Waals surface area contributed by atoms with E-state index in [2.05, 4.69) is 20.3 Å². The van der Waals surface area contributed by atoms with Gasteiger partial charge in [0.05, 0.1) is 23.9 Å². The molecule has 1 N–H and O–H groups in total. The van der Waals surface area contributed by atoms with Crippen molar-refractivity contribution in [2.75, 3.05) is 5.32 Å². The lowest BCUT2D eigenvalue weighted by molar-refractivity contribution is -0.137. The molecule has 1 aromatic carbocycles. The summed E-state index contributed by atoms with van der Waals surface area (Å²) in [5.41, 5.74) is 2.17. The Labute approximate surface area is 208 Å². The molecule has 37 heavy (non-hydrogen) atoms. The summed E-state index contributed by atoms with van der Waals surface area (Å²) < 4.78 is 55.4. The smallest absolute Gasteiger partial charge is 0.324 e. The van der Waals surface area contributed by atoms with Crippen LogP contribution in [-0.2, 0) is 23.8 Å². The average molecular weight is 505 g/mol. The highest BCUT2D eigenvalue weighted by molar-refractivity contribution is 5.92. The Hall–Kier alpha value is -4.60. The van der Waals surface area contributed by atoms with Gasteiger partial charge >= 0.3 is 6.18 Å². The minimum atomic E-state index is -4.58. The third kappa shape index (κ3) is 5.48. The number of fused-ring (bicyclic) bond motifs is 1. The number of aromatic nitrogens is 4. The maximum absolute atomic E-state index is 14.9. The molecule has 0 aliphatic carbocycles. The molecule has 0 bridgehead atoms. The molecular weight excluding hydrogens is 486 g/mol. The number of halogens is 4. The second-order valence-corrected chi connectivity index (χ2v) is 8.40. The highest BCUT2D eigenvalue weighted by Gasteiger charge is 2.31. The molecule has 4 aromatic heterocycles. The first kappa shape index (κ1) is 24.1. The lowest BCUT2D eigenvalue weighted by Gasteiger charge is -2.10. The number of rotatable bonds is 6. The Kier molecular flexibility index (Phi) is 6.39. The maximum atomic E-state index is 14.9. The Balaban J connectivity index is 1.25. The second-order valence-electron chi connectivity index (χ2n) is 8.40. The molecule has 186 valence electrons. The van der Waals surface area contributed by atoms with E-state index in [4.69, 9.17) is 0 Å². The number of anilines is 1. The predicted molar refractivity (Wildman–Crippen MR) is 129 cm³/mol. The number of benzene rings is 1. The first-order valence-corrected chi connectivity index (χ1v) is 11.2. The minimum Gasteiger partial charge on any atom is -0.324 e. The van der Waals surface area contributed by atoms with E-state index in [1.807, 2.05) is 41.1 Å². The van der Waals surface area contributed by atoms with Gasteiger partial charge in [0.2, 0.25) is 5.91 Å². The van der Waals surface area contributed by atoms with Gasteiger partial charge in [-0.25, -0.2) is 14.4 Å². The SMILES string of the molecule is O=C(Cc1ccc(-c2cnc(Cc3ccn4ccccc34)nc2)c(F)c1)Nc1cncc(C(F)(F)F)c1. The third-order valence-electron chi connectivity index (χ3n) is 5.77. The van der Waals surface area contributed by atoms with Gasteiger partial charge < -0.3 is 9.72 Å². The summed E-state index contributed by atoms with van der Waals surface area (Å²) in [7, 11) is 0. The van der Waals surface area contributed by atoms with Gasteiger partial charge in [0.15, 0.2) is 0 Å². The maximum Gasteiger partial charge on any atom is 0.417 e. The van der Waals surface area contributed by atoms with Crippen LogP contribution in [0.15, 0.2) is 85.7 Å². The van der Waals surface area contributed by atoms with Crippen LogP contribution in [0.1, 0.15) is 22.5 Å². The zero-order valence-electron chi connectivity index (χ0n) is 19.2. The Morgan fingerprint density at radius 1 is 0.946 bits per heavy atom. The van der Waals surface area contributed by atoms with Crippen LogP contribution in [0.4, 0.5) is 23.2 Å². The summed E-state index contributed by atoms with van der Waals surface area (Å²) in [5, 5.41) is 2.36. The molecule has 5 aromatic rings. The number of hydrogen-bond acceptors (Lipinski definition) is 4. The lowest BCUT2D eigenvalue weighted by atomic mass is 10.0. The Bertz CT molecular complexity index is 1580. The molecular formula is C27H19F4N5O. The number of carbonyl (C=O) groups is 1. The molecule has 10 heteroatoms. The van der Waals surface area contributed by atoms with Crippen LogP contribution in [0.3, 0.4) is 0 Å². The number of hydrogen-bond donors (Lipinski definition) is 1. The normalized spacial score (nSPS) is 11.6. The van der Waals surface area contributed by atoms with E-state index < -0.39 is 23.5 Å². The first-order chi connectivity index (χ1) is 17.8. The predicted octanol–water partition coefficient (Wildman–Crippen LogP) is 5.72. The zero-order chi connectivity index (χ0) is 26.0. The minimum absolute atomic E-state index is 0.0949. The molecule has 0 saturated heterocycles. The Morgan fingerprint density at radius 3 is 2.51 bits per heavy atom. The van der Waals surface area contributed by atoms with E-state index in [1.54, 1.807) is 18.5 Å². The van der Waals surface area contributed by atoms with E-state index in [9.17, 15) is 22.4 Å². The third-order valence-corrected chi connectivity index (χ3v) is 5.77. The van der Waals surface area contributed by atoms with E-state index in [0.29, 0.717) is 29.6 Å². The van der Waals surface area contributed by atoms with Crippen molar-refractivity contribution in [1.29, 1.82) is 0 Å². The van der Waals surface area contributed by atoms with Crippen LogP contribution < -0.4 is 5.32 Å². The highest BCUT2D eigenvalue weighted by Crippen LogP contribution is 2.30. The molecule has 0 aliphatic heterocycles. The highest BCUT2D eigenvalue weighted by atomic mass is 19.4. The van der Waals surface area contributed by atoms with Crippen molar-refractivity contribution >= 4 is 17.1 Å². The number of nitrogens with zero attached hydrogens (tertiary/aromatic N) is 4. The Morgan fingerprint density at radius 2 is 1.76 bits per heavy atom. The van der Waals surface area contributed by atoms with Crippen LogP contribution in [0.25, 0.3) is 16.6 Å². The largest absolute Gasteiger partial charge is 0.417 e. The number of pyridine rings is 2. The molecule has 4 heterocycles. The number of carbonyl (C=O) groups excluding carboxylic acids is 1. The van der Waals surface area contributed by atoms with Crippen molar-refractivity contribution in [3.8, 4) is 11.1 Å². The average Bonchev–Trinajstić information content (AvgIpc) is 3.27. The summed E-state index contributed by atoms with van der Waals surface area (Å²) in [4.78, 5) is 24.6. The molecule has 0 saturated carbocycles. The standard InChI is InChI=1S/C27H19F4N5O/c28-23-9-17(10-26(37)35-21-12-20(15-32-16-21)27(29,30)31)4-5-22(23)19-13-33-25(34-14-19)11-18-6-8-36-7-2-1-3-24(18)36/h1-9,12-16H,10-11H2,(H,35,37). The summed E-state index contributed by atoms with van der Waals surface area (Å²) in [6, 6.07) is 13.0. The molecule has 1 amide bonds. The van der Waals surface area contributed by atoms with E-state index >= 15 is 0 Å². The quantitative estimate of drug-likeness (QED) is 0.300. The summed E-state index contributed by atoms with van der Waals surface area (Å²) in [6.07, 6.45) is 4.52. The summed E-state index contributed by atoms with van der Waals surface area (Å²) in [5.74, 6) is -0.571. The topological polar surface area (TPSA) is 72.2 Å². The number of amides is 1. The van der Waals surface area contributed by atoms with Crippen LogP contribution in [-0.4, -0.2) is 25.3 Å². The van der Waals surface area contributed by atoms with E-state index in [-0.39, 0.29) is 17.7 Å². The van der Waals surface area contributed by atoms with Crippen LogP contribution in [0, 0.1) is 5.82 Å². The van der Waals surface area contributed by atoms with Crippen molar-refractivity contribution in [3.63, 3.8) is 0 Å². The first-order valence-electron chi connectivity index (χ1n) is 11.2. The molecule has 5 rings (SSSR count). The van der Waals surface area contributed by atoms with Crippen molar-refractivity contribution in [2.24, 2.45) is 0 Å². The van der Waals surface area contributed by atoms with Gasteiger partial charge in [-0.2, -0.15) is 13.2 Å². The fourth-order valence-electron chi connectivity index (χ4n) is 3.98. The van der Waals surface area contributed by atoms with Crippen molar-refractivity contribution in [3.05, 3.63) is 114 Å². The second kappa shape index (κ2) is 9.81. The van der Waals surface area contributed by atoms with Crippen molar-refractivity contribution in [2.45, 2.75) is 19.0 Å². The molecule has 0 radical (unpaired) electrons. The molecule has 0 fully saturated rings. The molecule has 0 atom stereocenters. The van der Waals surface area contributed by atoms with Crippen LogP contribution >= 0.6 is 0 Å². The molecule has 6 nitrogen and oxygen atoms in total. The van der Waals surface area contributed by atoms with Gasteiger partial charge in [-0.1, -0.05) is 18.2 Å². The van der Waals surface area contributed by atoms with Gasteiger partial charge in [-0.3, -0.25) is 9.78 Å². The van der Waals surface area contributed by atoms with Gasteiger partial charge in [0.1, 0.15) is 11.6 Å². The van der Waals surface area contributed by atoms with Crippen LogP contribution in [0.5, 0.6) is 0 Å². The van der Waals surface area contributed by atoms with Gasteiger partial charge in [0, 0.05) is 54.0 Å². The van der Waals surface area contributed by atoms with E-state index in [1.165, 1.54) is 12.1 Å². The summed E-state index contributed by atoms with van der Waals surface area (Å²) in [6.45, 7) is 0. The van der Waals surface area contributed by atoms with Crippen LogP contribution in [0.2, 0.25) is 0 Å². The van der Waals surface area contributed by atoms with Gasteiger partial charge in [-0.15, -0.1) is 0 Å². The molecule has 0 spiro atoms. The monoisotopic (exact) mass is 505 g/mol. The van der Waals surface area contributed by atoms with E-state index in [0.717, 1.165) is 23.3 Å².